The Hall–Kier alpha value is -3.47. The van der Waals surface area contributed by atoms with Gasteiger partial charge in [-0.3, -0.25) is 9.36 Å². The quantitative estimate of drug-likeness (QED) is 0.309. The van der Waals surface area contributed by atoms with Crippen LogP contribution < -0.4 is 11.1 Å². The minimum absolute atomic E-state index is 0.118. The van der Waals surface area contributed by atoms with E-state index in [1.807, 2.05) is 0 Å². The number of aromatic nitrogens is 4. The molecule has 0 aromatic carbocycles. The third-order valence-corrected chi connectivity index (χ3v) is 6.73. The van der Waals surface area contributed by atoms with Gasteiger partial charge in [-0.2, -0.15) is 0 Å². The number of anilines is 1. The van der Waals surface area contributed by atoms with E-state index in [1.165, 1.54) is 18.0 Å². The summed E-state index contributed by atoms with van der Waals surface area (Å²) in [6, 6.07) is 0. The number of methoxy groups -OCH3 is 1. The van der Waals surface area contributed by atoms with Crippen LogP contribution in [0.4, 0.5) is 10.6 Å². The second-order valence-corrected chi connectivity index (χ2v) is 9.24. The normalized spacial score (nSPS) is 27.4. The van der Waals surface area contributed by atoms with Gasteiger partial charge in [0.05, 0.1) is 20.0 Å². The van der Waals surface area contributed by atoms with Crippen LogP contribution in [0.5, 0.6) is 0 Å². The summed E-state index contributed by atoms with van der Waals surface area (Å²) in [5, 5.41) is 23.5. The number of carbonyl (C=O) groups excluding carboxylic acids is 2. The van der Waals surface area contributed by atoms with Gasteiger partial charge in [-0.15, -0.1) is 0 Å². The molecule has 2 aromatic rings. The number of amides is 1. The monoisotopic (exact) mass is 516 g/mol. The van der Waals surface area contributed by atoms with Crippen LogP contribution >= 0.6 is 0 Å². The first kappa shape index (κ1) is 26.6. The van der Waals surface area contributed by atoms with E-state index in [0.29, 0.717) is 36.9 Å². The van der Waals surface area contributed by atoms with Crippen molar-refractivity contribution in [3.63, 3.8) is 0 Å². The Kier molecular flexibility index (Phi) is 8.42. The van der Waals surface area contributed by atoms with Gasteiger partial charge in [0.1, 0.15) is 17.7 Å². The third kappa shape index (κ3) is 5.93. The standard InChI is InChI=1S/C24H32N6O7/c1-3-26-22(33)19-17(31)18(32)23(37-19)30-12-27-16-20(25)28-15(29-21(16)30)6-4-5-13-7-9-14(10-8-13)11-36-24(34)35-2/h12-14,17-19,23,31-32H,3,5,7-11H2,1-2H3,(H,26,33)(H2,25,28,29)/t13-,14-,17?,18-,19-,23+/m0/s1. The molecule has 0 bridgehead atoms. The smallest absolute Gasteiger partial charge is 0.438 e. The van der Waals surface area contributed by atoms with E-state index in [-0.39, 0.29) is 17.3 Å². The molecule has 4 atom stereocenters. The Morgan fingerprint density at radius 3 is 2.65 bits per heavy atom. The van der Waals surface area contributed by atoms with E-state index < -0.39 is 36.6 Å². The van der Waals surface area contributed by atoms with Crippen LogP contribution in [0.1, 0.15) is 51.1 Å². The number of rotatable bonds is 6. The zero-order chi connectivity index (χ0) is 26.5. The first-order valence-electron chi connectivity index (χ1n) is 12.3. The number of nitrogen functional groups attached to an aromatic ring is 1. The summed E-state index contributed by atoms with van der Waals surface area (Å²) < 4.78 is 16.7. The molecule has 13 nitrogen and oxygen atoms in total. The maximum Gasteiger partial charge on any atom is 0.507 e. The van der Waals surface area contributed by atoms with Crippen molar-refractivity contribution in [3.8, 4) is 11.8 Å². The van der Waals surface area contributed by atoms with E-state index in [1.54, 1.807) is 6.92 Å². The maximum absolute atomic E-state index is 12.2. The van der Waals surface area contributed by atoms with Crippen molar-refractivity contribution in [1.82, 2.24) is 24.8 Å². The number of hydrogen-bond donors (Lipinski definition) is 4. The molecule has 200 valence electrons. The lowest BCUT2D eigenvalue weighted by Crippen LogP contribution is -2.42. The Balaban J connectivity index is 1.42. The first-order chi connectivity index (χ1) is 17.8. The molecule has 1 unspecified atom stereocenters. The van der Waals surface area contributed by atoms with E-state index in [4.69, 9.17) is 15.2 Å². The minimum Gasteiger partial charge on any atom is -0.438 e. The van der Waals surface area contributed by atoms with Crippen LogP contribution in [0.15, 0.2) is 6.33 Å². The number of likely N-dealkylation sites (N-methyl/N-ethyl adjacent to an activating group) is 1. The molecule has 1 saturated carbocycles. The number of carbonyl (C=O) groups is 2. The highest BCUT2D eigenvalue weighted by Crippen LogP contribution is 2.33. The SMILES string of the molecule is CCNC(=O)[C@H]1O[C@@H](n2cnc3c(N)nc(C#CC[C@H]4CC[C@H](COC(=O)OC)CC4)nc32)[C@@H](O)C1O. The highest BCUT2D eigenvalue weighted by molar-refractivity contribution is 5.83. The van der Waals surface area contributed by atoms with E-state index >= 15 is 0 Å². The number of ether oxygens (including phenoxy) is 3. The summed E-state index contributed by atoms with van der Waals surface area (Å²) >= 11 is 0. The minimum atomic E-state index is -1.42. The van der Waals surface area contributed by atoms with Crippen LogP contribution in [0, 0.1) is 23.7 Å². The van der Waals surface area contributed by atoms with Gasteiger partial charge in [-0.25, -0.2) is 19.7 Å². The second-order valence-electron chi connectivity index (χ2n) is 9.24. The van der Waals surface area contributed by atoms with Gasteiger partial charge in [0.25, 0.3) is 5.91 Å². The zero-order valence-electron chi connectivity index (χ0n) is 20.8. The van der Waals surface area contributed by atoms with Gasteiger partial charge in [0.15, 0.2) is 23.8 Å². The lowest BCUT2D eigenvalue weighted by atomic mass is 9.81. The van der Waals surface area contributed by atoms with E-state index in [9.17, 15) is 19.8 Å². The highest BCUT2D eigenvalue weighted by Gasteiger charge is 2.47. The fourth-order valence-electron chi connectivity index (χ4n) is 4.68. The number of nitrogens with two attached hydrogens (primary N) is 1. The Morgan fingerprint density at radius 2 is 1.95 bits per heavy atom. The number of nitrogens with zero attached hydrogens (tertiary/aromatic N) is 4. The summed E-state index contributed by atoms with van der Waals surface area (Å²) in [6.45, 7) is 2.47. The molecule has 2 aliphatic rings. The molecular weight excluding hydrogens is 484 g/mol. The number of aliphatic hydroxyl groups is 2. The lowest BCUT2D eigenvalue weighted by Gasteiger charge is -2.26. The molecule has 2 aromatic heterocycles. The van der Waals surface area contributed by atoms with Crippen LogP contribution in [0.3, 0.4) is 0 Å². The summed E-state index contributed by atoms with van der Waals surface area (Å²) in [6.07, 6.45) is 0.0896. The number of fused-ring (bicyclic) bond motifs is 1. The summed E-state index contributed by atoms with van der Waals surface area (Å²) in [5.74, 6) is 6.63. The molecule has 3 heterocycles. The average Bonchev–Trinajstić information content (AvgIpc) is 3.44. The summed E-state index contributed by atoms with van der Waals surface area (Å²) in [7, 11) is 1.29. The van der Waals surface area contributed by atoms with Gasteiger partial charge in [0.2, 0.25) is 5.82 Å². The molecule has 0 spiro atoms. The van der Waals surface area contributed by atoms with Crippen LogP contribution in [-0.4, -0.2) is 80.4 Å². The Morgan fingerprint density at radius 1 is 1.22 bits per heavy atom. The number of nitrogens with one attached hydrogen (secondary N) is 1. The maximum atomic E-state index is 12.2. The Labute approximate surface area is 213 Å². The van der Waals surface area contributed by atoms with Gasteiger partial charge < -0.3 is 35.5 Å². The van der Waals surface area contributed by atoms with Crippen molar-refractivity contribution < 1.29 is 34.0 Å². The number of hydrogen-bond acceptors (Lipinski definition) is 11. The molecule has 4 rings (SSSR count). The second kappa shape index (κ2) is 11.7. The molecule has 1 aliphatic heterocycles. The first-order valence-corrected chi connectivity index (χ1v) is 12.3. The van der Waals surface area contributed by atoms with Crippen molar-refractivity contribution in [2.45, 2.75) is 63.6 Å². The number of imidazole rings is 1. The molecule has 5 N–H and O–H groups in total. The lowest BCUT2D eigenvalue weighted by molar-refractivity contribution is -0.137. The molecule has 0 radical (unpaired) electrons. The number of aliphatic hydroxyl groups excluding tert-OH is 2. The van der Waals surface area contributed by atoms with Crippen molar-refractivity contribution in [2.24, 2.45) is 11.8 Å². The van der Waals surface area contributed by atoms with Gasteiger partial charge >= 0.3 is 6.16 Å². The average molecular weight is 517 g/mol. The van der Waals surface area contributed by atoms with Crippen LogP contribution in [-0.2, 0) is 19.0 Å². The van der Waals surface area contributed by atoms with Gasteiger partial charge in [0, 0.05) is 13.0 Å². The van der Waals surface area contributed by atoms with Crippen molar-refractivity contribution in [1.29, 1.82) is 0 Å². The van der Waals surface area contributed by atoms with E-state index in [2.05, 4.69) is 36.8 Å². The van der Waals surface area contributed by atoms with Crippen LogP contribution in [0.2, 0.25) is 0 Å². The van der Waals surface area contributed by atoms with Gasteiger partial charge in [-0.1, -0.05) is 5.92 Å². The predicted octanol–water partition coefficient (Wildman–Crippen LogP) is 0.495. The predicted molar refractivity (Wildman–Crippen MR) is 130 cm³/mol. The van der Waals surface area contributed by atoms with Crippen molar-refractivity contribution >= 4 is 29.0 Å². The van der Waals surface area contributed by atoms with Crippen LogP contribution in [0.25, 0.3) is 11.2 Å². The van der Waals surface area contributed by atoms with E-state index in [0.717, 1.165) is 25.7 Å². The Bertz CT molecular complexity index is 1180. The summed E-state index contributed by atoms with van der Waals surface area (Å²) in [4.78, 5) is 36.2. The largest absolute Gasteiger partial charge is 0.507 e. The fraction of sp³-hybridized carbons (Fsp3) is 0.625. The van der Waals surface area contributed by atoms with Gasteiger partial charge in [-0.05, 0) is 50.4 Å². The highest BCUT2D eigenvalue weighted by atomic mass is 16.7. The molecule has 1 aliphatic carbocycles. The molecule has 1 amide bonds. The van der Waals surface area contributed by atoms with Crippen molar-refractivity contribution in [3.05, 3.63) is 12.2 Å². The third-order valence-electron chi connectivity index (χ3n) is 6.73. The zero-order valence-corrected chi connectivity index (χ0v) is 20.8. The van der Waals surface area contributed by atoms with Crippen molar-refractivity contribution in [2.75, 3.05) is 26.0 Å². The molecule has 1 saturated heterocycles. The summed E-state index contributed by atoms with van der Waals surface area (Å²) in [5.41, 5.74) is 6.65. The fourth-order valence-corrected chi connectivity index (χ4v) is 4.68. The molecule has 2 fully saturated rings. The molecule has 37 heavy (non-hydrogen) atoms. The molecule has 13 heteroatoms. The topological polar surface area (TPSA) is 184 Å². The molecular formula is C24H32N6O7.